The Bertz CT molecular complexity index is 429. The van der Waals surface area contributed by atoms with E-state index in [0.717, 1.165) is 11.4 Å². The first-order chi connectivity index (χ1) is 6.18. The zero-order chi connectivity index (χ0) is 9.42. The second-order valence-corrected chi connectivity index (χ2v) is 3.29. The van der Waals surface area contributed by atoms with Gasteiger partial charge in [0.15, 0.2) is 5.82 Å². The van der Waals surface area contributed by atoms with Gasteiger partial charge in [0.1, 0.15) is 11.3 Å². The molecule has 0 aromatic carbocycles. The summed E-state index contributed by atoms with van der Waals surface area (Å²) in [5.41, 5.74) is 1.81. The number of nitrogens with one attached hydrogen (secondary N) is 1. The van der Waals surface area contributed by atoms with Crippen LogP contribution in [-0.2, 0) is 0 Å². The highest BCUT2D eigenvalue weighted by molar-refractivity contribution is 6.32. The van der Waals surface area contributed by atoms with Crippen LogP contribution in [-0.4, -0.2) is 19.7 Å². The maximum Gasteiger partial charge on any atom is 0.178 e. The molecule has 0 aliphatic carbocycles. The Labute approximate surface area is 80.6 Å². The fraction of sp³-hybridized carbons (Fsp3) is 0.250. The summed E-state index contributed by atoms with van der Waals surface area (Å²) < 4.78 is 1.79. The zero-order valence-corrected chi connectivity index (χ0v) is 8.13. The molecule has 0 amide bonds. The number of aromatic amines is 1. The van der Waals surface area contributed by atoms with Gasteiger partial charge in [-0.05, 0) is 13.8 Å². The van der Waals surface area contributed by atoms with Crippen LogP contribution in [0.2, 0.25) is 5.02 Å². The van der Waals surface area contributed by atoms with E-state index in [4.69, 9.17) is 11.6 Å². The minimum absolute atomic E-state index is 0.636. The molecule has 0 atom stereocenters. The van der Waals surface area contributed by atoms with E-state index in [1.54, 1.807) is 10.9 Å². The van der Waals surface area contributed by atoms with Crippen molar-refractivity contribution in [3.05, 3.63) is 28.9 Å². The molecule has 0 saturated heterocycles. The molecule has 0 radical (unpaired) electrons. The summed E-state index contributed by atoms with van der Waals surface area (Å²) in [5, 5.41) is 7.52. The second kappa shape index (κ2) is 2.88. The van der Waals surface area contributed by atoms with Crippen LogP contribution in [0.3, 0.4) is 0 Å². The third kappa shape index (κ3) is 1.33. The normalized spacial score (nSPS) is 10.7. The molecule has 0 bridgehead atoms. The van der Waals surface area contributed by atoms with Crippen molar-refractivity contribution >= 4 is 11.6 Å². The number of H-pyrrole nitrogens is 1. The Morgan fingerprint density at radius 3 is 2.69 bits per heavy atom. The summed E-state index contributed by atoms with van der Waals surface area (Å²) in [5.74, 6) is 0.694. The van der Waals surface area contributed by atoms with Crippen LogP contribution < -0.4 is 0 Å². The van der Waals surface area contributed by atoms with Crippen molar-refractivity contribution in [2.75, 3.05) is 0 Å². The molecular formula is C8H9ClN4. The number of nitrogens with zero attached hydrogens (tertiary/aromatic N) is 3. The summed E-state index contributed by atoms with van der Waals surface area (Å²) in [6, 6.07) is 0. The predicted molar refractivity (Wildman–Crippen MR) is 50.2 cm³/mol. The highest BCUT2D eigenvalue weighted by Gasteiger charge is 2.09. The predicted octanol–water partition coefficient (Wildman–Crippen LogP) is 1.87. The average Bonchev–Trinajstić information content (AvgIpc) is 2.62. The summed E-state index contributed by atoms with van der Waals surface area (Å²) in [6.45, 7) is 3.80. The number of imidazole rings is 1. The maximum absolute atomic E-state index is 6.01. The Morgan fingerprint density at radius 1 is 1.46 bits per heavy atom. The molecule has 68 valence electrons. The van der Waals surface area contributed by atoms with Crippen molar-refractivity contribution in [1.82, 2.24) is 19.7 Å². The first-order valence-electron chi connectivity index (χ1n) is 3.90. The average molecular weight is 197 g/mol. The highest BCUT2D eigenvalue weighted by Crippen LogP contribution is 2.20. The third-order valence-electron chi connectivity index (χ3n) is 1.81. The number of halogens is 1. The highest BCUT2D eigenvalue weighted by atomic mass is 35.5. The Hall–Kier alpha value is -1.29. The van der Waals surface area contributed by atoms with Gasteiger partial charge in [-0.25, -0.2) is 4.98 Å². The van der Waals surface area contributed by atoms with Crippen molar-refractivity contribution in [3.63, 3.8) is 0 Å². The third-order valence-corrected chi connectivity index (χ3v) is 2.26. The van der Waals surface area contributed by atoms with E-state index in [9.17, 15) is 0 Å². The molecule has 13 heavy (non-hydrogen) atoms. The molecule has 0 aliphatic heterocycles. The summed E-state index contributed by atoms with van der Waals surface area (Å²) in [6.07, 6.45) is 3.57. The maximum atomic E-state index is 6.01. The lowest BCUT2D eigenvalue weighted by Gasteiger charge is -1.95. The molecule has 2 aromatic heterocycles. The lowest BCUT2D eigenvalue weighted by atomic mass is 10.4. The molecule has 0 unspecified atom stereocenters. The topological polar surface area (TPSA) is 46.5 Å². The fourth-order valence-electron chi connectivity index (χ4n) is 1.11. The Balaban J connectivity index is 2.52. The molecule has 2 aromatic rings. The molecule has 0 saturated carbocycles. The SMILES string of the molecule is Cc1cn(-c2n[nH]c(C)c2Cl)cn1. The van der Waals surface area contributed by atoms with Crippen molar-refractivity contribution in [2.24, 2.45) is 0 Å². The van der Waals surface area contributed by atoms with Gasteiger partial charge in [-0.2, -0.15) is 5.10 Å². The minimum Gasteiger partial charge on any atom is -0.287 e. The van der Waals surface area contributed by atoms with Crippen LogP contribution in [0.15, 0.2) is 12.5 Å². The molecular weight excluding hydrogens is 188 g/mol. The van der Waals surface area contributed by atoms with Gasteiger partial charge < -0.3 is 0 Å². The van der Waals surface area contributed by atoms with Gasteiger partial charge in [0, 0.05) is 6.20 Å². The van der Waals surface area contributed by atoms with Gasteiger partial charge in [-0.3, -0.25) is 9.67 Å². The zero-order valence-electron chi connectivity index (χ0n) is 7.37. The standard InChI is InChI=1S/C8H9ClN4/c1-5-3-13(4-10-5)8-7(9)6(2)11-12-8/h3-4H,1-2H3,(H,11,12). The van der Waals surface area contributed by atoms with E-state index in [-0.39, 0.29) is 0 Å². The van der Waals surface area contributed by atoms with Gasteiger partial charge in [0.2, 0.25) is 0 Å². The Morgan fingerprint density at radius 2 is 2.23 bits per heavy atom. The van der Waals surface area contributed by atoms with Gasteiger partial charge in [0.05, 0.1) is 11.4 Å². The van der Waals surface area contributed by atoms with Crippen LogP contribution in [0.1, 0.15) is 11.4 Å². The van der Waals surface area contributed by atoms with Crippen molar-refractivity contribution in [1.29, 1.82) is 0 Å². The van der Waals surface area contributed by atoms with Gasteiger partial charge in [0.25, 0.3) is 0 Å². The van der Waals surface area contributed by atoms with Gasteiger partial charge >= 0.3 is 0 Å². The molecule has 2 rings (SSSR count). The van der Waals surface area contributed by atoms with Crippen molar-refractivity contribution < 1.29 is 0 Å². The smallest absolute Gasteiger partial charge is 0.178 e. The quantitative estimate of drug-likeness (QED) is 0.757. The van der Waals surface area contributed by atoms with E-state index in [0.29, 0.717) is 10.8 Å². The molecule has 4 nitrogen and oxygen atoms in total. The van der Waals surface area contributed by atoms with Crippen molar-refractivity contribution in [3.8, 4) is 5.82 Å². The molecule has 1 N–H and O–H groups in total. The first-order valence-corrected chi connectivity index (χ1v) is 4.27. The van der Waals surface area contributed by atoms with Crippen LogP contribution >= 0.6 is 11.6 Å². The van der Waals surface area contributed by atoms with E-state index >= 15 is 0 Å². The van der Waals surface area contributed by atoms with E-state index < -0.39 is 0 Å². The number of aryl methyl sites for hydroxylation is 2. The number of aromatic nitrogens is 4. The summed E-state index contributed by atoms with van der Waals surface area (Å²) in [4.78, 5) is 4.09. The lowest BCUT2D eigenvalue weighted by Crippen LogP contribution is -1.90. The van der Waals surface area contributed by atoms with Crippen LogP contribution in [0.5, 0.6) is 0 Å². The molecule has 5 heteroatoms. The second-order valence-electron chi connectivity index (χ2n) is 2.91. The van der Waals surface area contributed by atoms with E-state index in [1.807, 2.05) is 20.0 Å². The van der Waals surface area contributed by atoms with Gasteiger partial charge in [-0.15, -0.1) is 0 Å². The molecule has 0 aliphatic rings. The molecule has 0 spiro atoms. The minimum atomic E-state index is 0.636. The first kappa shape index (κ1) is 8.31. The molecule has 2 heterocycles. The van der Waals surface area contributed by atoms with Crippen molar-refractivity contribution in [2.45, 2.75) is 13.8 Å². The lowest BCUT2D eigenvalue weighted by molar-refractivity contribution is 0.948. The Kier molecular flexibility index (Phi) is 1.84. The largest absolute Gasteiger partial charge is 0.287 e. The summed E-state index contributed by atoms with van der Waals surface area (Å²) in [7, 11) is 0. The number of hydrogen-bond acceptors (Lipinski definition) is 2. The van der Waals surface area contributed by atoms with Crippen LogP contribution in [0, 0.1) is 13.8 Å². The number of rotatable bonds is 1. The van der Waals surface area contributed by atoms with E-state index in [1.165, 1.54) is 0 Å². The molecule has 0 fully saturated rings. The number of hydrogen-bond donors (Lipinski definition) is 1. The van der Waals surface area contributed by atoms with Gasteiger partial charge in [-0.1, -0.05) is 11.6 Å². The monoisotopic (exact) mass is 196 g/mol. The van der Waals surface area contributed by atoms with E-state index in [2.05, 4.69) is 15.2 Å². The van der Waals surface area contributed by atoms with Crippen LogP contribution in [0.25, 0.3) is 5.82 Å². The van der Waals surface area contributed by atoms with Crippen LogP contribution in [0.4, 0.5) is 0 Å². The fourth-order valence-corrected chi connectivity index (χ4v) is 1.29. The summed E-state index contributed by atoms with van der Waals surface area (Å²) >= 11 is 6.01.